The zero-order valence-electron chi connectivity index (χ0n) is 15.4. The highest BCUT2D eigenvalue weighted by Gasteiger charge is 2.19. The summed E-state index contributed by atoms with van der Waals surface area (Å²) in [6.45, 7) is 2.53. The van der Waals surface area contributed by atoms with Gasteiger partial charge in [0, 0.05) is 6.07 Å². The van der Waals surface area contributed by atoms with Crippen LogP contribution in [-0.4, -0.2) is 17.7 Å². The normalized spacial score (nSPS) is 11.0. The van der Waals surface area contributed by atoms with Crippen molar-refractivity contribution < 1.29 is 23.8 Å². The van der Waals surface area contributed by atoms with Crippen LogP contribution in [0.15, 0.2) is 69.9 Å². The number of fused-ring (bicyclic) bond motifs is 1. The molecule has 0 aliphatic rings. The highest BCUT2D eigenvalue weighted by Crippen LogP contribution is 2.34. The number of carbonyl (C=O) groups is 1. The van der Waals surface area contributed by atoms with E-state index in [2.05, 4.69) is 13.0 Å². The molecule has 28 heavy (non-hydrogen) atoms. The van der Waals surface area contributed by atoms with Gasteiger partial charge in [0.15, 0.2) is 5.75 Å². The van der Waals surface area contributed by atoms with Crippen LogP contribution in [0.25, 0.3) is 11.0 Å². The summed E-state index contributed by atoms with van der Waals surface area (Å²) in [5, 5.41) is 10.4. The Bertz CT molecular complexity index is 1050. The molecule has 0 amide bonds. The summed E-state index contributed by atoms with van der Waals surface area (Å²) >= 11 is 0. The Morgan fingerprint density at radius 3 is 2.68 bits per heavy atom. The number of benzene rings is 2. The molecule has 0 spiro atoms. The standard InChI is InChI=1S/C22H20O6/c1-2-3-4-8-13-26-16-11-12-17-18(14-16)27-22(25)19(23)20(17)28-21(24)15-9-6-5-7-10-15/h3-7,9-12,14,23H,2,8,13H2,1H3/b4-3+. The molecule has 144 valence electrons. The van der Waals surface area contributed by atoms with Gasteiger partial charge in [0.2, 0.25) is 5.75 Å². The zero-order chi connectivity index (χ0) is 19.9. The van der Waals surface area contributed by atoms with Crippen molar-refractivity contribution in [2.45, 2.75) is 19.8 Å². The van der Waals surface area contributed by atoms with Crippen molar-refractivity contribution in [2.75, 3.05) is 6.61 Å². The fourth-order valence-electron chi connectivity index (χ4n) is 2.59. The van der Waals surface area contributed by atoms with Crippen LogP contribution in [0, 0.1) is 0 Å². The molecule has 0 radical (unpaired) electrons. The van der Waals surface area contributed by atoms with Gasteiger partial charge in [-0.3, -0.25) is 0 Å². The zero-order valence-corrected chi connectivity index (χ0v) is 15.4. The quantitative estimate of drug-likeness (QED) is 0.282. The number of hydrogen-bond acceptors (Lipinski definition) is 6. The third kappa shape index (κ3) is 4.40. The molecule has 3 rings (SSSR count). The first-order valence-electron chi connectivity index (χ1n) is 8.95. The van der Waals surface area contributed by atoms with E-state index in [9.17, 15) is 14.7 Å². The van der Waals surface area contributed by atoms with Gasteiger partial charge in [0.1, 0.15) is 11.3 Å². The molecular weight excluding hydrogens is 360 g/mol. The molecule has 0 aliphatic carbocycles. The number of esters is 1. The van der Waals surface area contributed by atoms with E-state index < -0.39 is 17.3 Å². The molecule has 6 heteroatoms. The second kappa shape index (κ2) is 8.90. The number of rotatable bonds is 7. The topological polar surface area (TPSA) is 86.0 Å². The molecule has 3 aromatic rings. The van der Waals surface area contributed by atoms with Crippen LogP contribution in [-0.2, 0) is 0 Å². The van der Waals surface area contributed by atoms with Crippen molar-refractivity contribution in [3.63, 3.8) is 0 Å². The second-order valence-electron chi connectivity index (χ2n) is 6.00. The number of ether oxygens (including phenoxy) is 2. The molecular formula is C22H20O6. The lowest BCUT2D eigenvalue weighted by atomic mass is 10.2. The molecule has 0 saturated carbocycles. The van der Waals surface area contributed by atoms with Crippen LogP contribution in [0.3, 0.4) is 0 Å². The molecule has 1 aromatic heterocycles. The summed E-state index contributed by atoms with van der Waals surface area (Å²) in [5.41, 5.74) is -0.546. The summed E-state index contributed by atoms with van der Waals surface area (Å²) in [5.74, 6) is -1.18. The van der Waals surface area contributed by atoms with Gasteiger partial charge in [-0.05, 0) is 37.1 Å². The van der Waals surface area contributed by atoms with Crippen molar-refractivity contribution in [1.82, 2.24) is 0 Å². The number of aromatic hydroxyl groups is 1. The Morgan fingerprint density at radius 1 is 1.14 bits per heavy atom. The maximum atomic E-state index is 12.3. The average Bonchev–Trinajstić information content (AvgIpc) is 2.71. The Morgan fingerprint density at radius 2 is 1.93 bits per heavy atom. The van der Waals surface area contributed by atoms with Crippen LogP contribution in [0.5, 0.6) is 17.2 Å². The lowest BCUT2D eigenvalue weighted by molar-refractivity contribution is 0.0731. The van der Waals surface area contributed by atoms with E-state index in [1.54, 1.807) is 42.5 Å². The minimum absolute atomic E-state index is 0.153. The van der Waals surface area contributed by atoms with Gasteiger partial charge in [-0.25, -0.2) is 9.59 Å². The monoisotopic (exact) mass is 380 g/mol. The van der Waals surface area contributed by atoms with E-state index in [0.717, 1.165) is 12.8 Å². The summed E-state index contributed by atoms with van der Waals surface area (Å²) in [6.07, 6.45) is 5.81. The van der Waals surface area contributed by atoms with Crippen LogP contribution in [0.2, 0.25) is 0 Å². The highest BCUT2D eigenvalue weighted by molar-refractivity contribution is 5.95. The van der Waals surface area contributed by atoms with Gasteiger partial charge < -0.3 is 19.0 Å². The smallest absolute Gasteiger partial charge is 0.382 e. The maximum absolute atomic E-state index is 12.3. The van der Waals surface area contributed by atoms with Gasteiger partial charge >= 0.3 is 11.6 Å². The molecule has 1 N–H and O–H groups in total. The van der Waals surface area contributed by atoms with Gasteiger partial charge in [-0.1, -0.05) is 37.3 Å². The first kappa shape index (κ1) is 19.2. The SMILES string of the molecule is CC/C=C/CCOc1ccc2c(OC(=O)c3ccccc3)c(O)c(=O)oc2c1. The average molecular weight is 380 g/mol. The molecule has 2 aromatic carbocycles. The van der Waals surface area contributed by atoms with Crippen molar-refractivity contribution in [3.05, 3.63) is 76.7 Å². The number of hydrogen-bond donors (Lipinski definition) is 1. The van der Waals surface area contributed by atoms with Crippen molar-refractivity contribution >= 4 is 16.9 Å². The second-order valence-corrected chi connectivity index (χ2v) is 6.00. The van der Waals surface area contributed by atoms with Crippen LogP contribution in [0.4, 0.5) is 0 Å². The highest BCUT2D eigenvalue weighted by atomic mass is 16.5. The summed E-state index contributed by atoms with van der Waals surface area (Å²) in [4.78, 5) is 24.3. The van der Waals surface area contributed by atoms with E-state index >= 15 is 0 Å². The molecule has 0 fully saturated rings. The van der Waals surface area contributed by atoms with Crippen LogP contribution >= 0.6 is 0 Å². The van der Waals surface area contributed by atoms with Gasteiger partial charge in [-0.2, -0.15) is 0 Å². The van der Waals surface area contributed by atoms with Crippen LogP contribution in [0.1, 0.15) is 30.1 Å². The number of allylic oxidation sites excluding steroid dienone is 1. The minimum atomic E-state index is -0.994. The van der Waals surface area contributed by atoms with E-state index in [-0.39, 0.29) is 11.3 Å². The van der Waals surface area contributed by atoms with Crippen molar-refractivity contribution in [1.29, 1.82) is 0 Å². The van der Waals surface area contributed by atoms with Crippen LogP contribution < -0.4 is 15.1 Å². The van der Waals surface area contributed by atoms with E-state index in [1.807, 2.05) is 6.08 Å². The molecule has 0 aliphatic heterocycles. The van der Waals surface area contributed by atoms with Gasteiger partial charge in [-0.15, -0.1) is 0 Å². The summed E-state index contributed by atoms with van der Waals surface area (Å²) < 4.78 is 16.0. The predicted octanol–water partition coefficient (Wildman–Crippen LogP) is 4.45. The fourth-order valence-corrected chi connectivity index (χ4v) is 2.59. The summed E-state index contributed by atoms with van der Waals surface area (Å²) in [7, 11) is 0. The van der Waals surface area contributed by atoms with Crippen molar-refractivity contribution in [3.8, 4) is 17.2 Å². The molecule has 1 heterocycles. The molecule has 0 atom stereocenters. The van der Waals surface area contributed by atoms with Gasteiger partial charge in [0.25, 0.3) is 0 Å². The fraction of sp³-hybridized carbons (Fsp3) is 0.182. The Balaban J connectivity index is 1.88. The summed E-state index contributed by atoms with van der Waals surface area (Å²) in [6, 6.07) is 13.0. The van der Waals surface area contributed by atoms with Crippen molar-refractivity contribution in [2.24, 2.45) is 0 Å². The first-order valence-corrected chi connectivity index (χ1v) is 8.95. The molecule has 0 saturated heterocycles. The third-order valence-corrected chi connectivity index (χ3v) is 3.97. The first-order chi connectivity index (χ1) is 13.6. The Labute approximate surface area is 161 Å². The van der Waals surface area contributed by atoms with E-state index in [0.29, 0.717) is 23.3 Å². The lowest BCUT2D eigenvalue weighted by Crippen LogP contribution is -2.11. The third-order valence-electron chi connectivity index (χ3n) is 3.97. The molecule has 6 nitrogen and oxygen atoms in total. The lowest BCUT2D eigenvalue weighted by Gasteiger charge is -2.10. The Hall–Kier alpha value is -3.54. The largest absolute Gasteiger partial charge is 0.499 e. The Kier molecular flexibility index (Phi) is 6.11. The predicted molar refractivity (Wildman–Crippen MR) is 105 cm³/mol. The number of carbonyl (C=O) groups excluding carboxylic acids is 1. The van der Waals surface area contributed by atoms with E-state index in [4.69, 9.17) is 13.9 Å². The minimum Gasteiger partial charge on any atom is -0.499 e. The maximum Gasteiger partial charge on any atom is 0.382 e. The van der Waals surface area contributed by atoms with Gasteiger partial charge in [0.05, 0.1) is 17.6 Å². The van der Waals surface area contributed by atoms with E-state index in [1.165, 1.54) is 6.07 Å². The molecule has 0 unspecified atom stereocenters. The molecule has 0 bridgehead atoms.